The molecule has 1 aromatic heterocycles. The minimum absolute atomic E-state index is 0.237. The number of thiophene rings is 1. The molecule has 0 amide bonds. The largest absolute Gasteiger partial charge is 0.324 e. The predicted molar refractivity (Wildman–Crippen MR) is 60.1 cm³/mol. The van der Waals surface area contributed by atoms with Gasteiger partial charge in [-0.3, -0.25) is 0 Å². The van der Waals surface area contributed by atoms with E-state index in [1.807, 2.05) is 0 Å². The zero-order valence-electron chi connectivity index (χ0n) is 8.71. The van der Waals surface area contributed by atoms with Crippen LogP contribution in [0.5, 0.6) is 0 Å². The highest BCUT2D eigenvalue weighted by atomic mass is 32.1. The van der Waals surface area contributed by atoms with Crippen LogP contribution >= 0.6 is 11.3 Å². The van der Waals surface area contributed by atoms with Gasteiger partial charge in [-0.2, -0.15) is 11.3 Å². The molecule has 0 fully saturated rings. The van der Waals surface area contributed by atoms with E-state index in [4.69, 9.17) is 5.73 Å². The van der Waals surface area contributed by atoms with Gasteiger partial charge >= 0.3 is 0 Å². The zero-order valence-corrected chi connectivity index (χ0v) is 9.53. The van der Waals surface area contributed by atoms with Crippen molar-refractivity contribution in [2.45, 2.75) is 39.7 Å². The summed E-state index contributed by atoms with van der Waals surface area (Å²) in [5, 5.41) is 4.37. The Bertz CT molecular complexity index is 250. The van der Waals surface area contributed by atoms with Crippen LogP contribution in [0.3, 0.4) is 0 Å². The van der Waals surface area contributed by atoms with Crippen molar-refractivity contribution in [1.82, 2.24) is 0 Å². The average molecular weight is 197 g/mol. The van der Waals surface area contributed by atoms with Crippen molar-refractivity contribution in [3.63, 3.8) is 0 Å². The summed E-state index contributed by atoms with van der Waals surface area (Å²) >= 11 is 1.75. The smallest absolute Gasteiger partial charge is 0.0334 e. The molecule has 0 radical (unpaired) electrons. The van der Waals surface area contributed by atoms with Gasteiger partial charge in [0.05, 0.1) is 0 Å². The molecule has 0 aliphatic carbocycles. The number of nitrogens with two attached hydrogens (primary N) is 1. The number of rotatable bonds is 4. The minimum atomic E-state index is 0.237. The van der Waals surface area contributed by atoms with E-state index in [9.17, 15) is 0 Å². The SMILES string of the molecule is CCC(CC)C(N)c1cscc1C. The Morgan fingerprint density at radius 3 is 2.31 bits per heavy atom. The highest BCUT2D eigenvalue weighted by Gasteiger charge is 2.17. The standard InChI is InChI=1S/C11H19NS/c1-4-9(5-2)11(12)10-7-13-6-8(10)3/h6-7,9,11H,4-5,12H2,1-3H3. The molecule has 1 aromatic rings. The molecule has 0 saturated carbocycles. The van der Waals surface area contributed by atoms with E-state index >= 15 is 0 Å². The zero-order chi connectivity index (χ0) is 9.84. The highest BCUT2D eigenvalue weighted by Crippen LogP contribution is 2.29. The second-order valence-electron chi connectivity index (χ2n) is 3.61. The second-order valence-corrected chi connectivity index (χ2v) is 4.36. The normalized spacial score (nSPS) is 13.6. The summed E-state index contributed by atoms with van der Waals surface area (Å²) in [5.74, 6) is 0.633. The quantitative estimate of drug-likeness (QED) is 0.785. The fourth-order valence-corrected chi connectivity index (χ4v) is 2.66. The van der Waals surface area contributed by atoms with Gasteiger partial charge in [0, 0.05) is 6.04 Å². The predicted octanol–water partition coefficient (Wildman–Crippen LogP) is 3.49. The summed E-state index contributed by atoms with van der Waals surface area (Å²) in [4.78, 5) is 0. The monoisotopic (exact) mass is 197 g/mol. The average Bonchev–Trinajstić information content (AvgIpc) is 2.53. The molecule has 0 aromatic carbocycles. The molecule has 1 atom stereocenters. The van der Waals surface area contributed by atoms with E-state index in [2.05, 4.69) is 31.5 Å². The van der Waals surface area contributed by atoms with Crippen LogP contribution < -0.4 is 5.73 Å². The molecule has 1 heterocycles. The van der Waals surface area contributed by atoms with Crippen LogP contribution in [0.15, 0.2) is 10.8 Å². The summed E-state index contributed by atoms with van der Waals surface area (Å²) in [6, 6.07) is 0.237. The lowest BCUT2D eigenvalue weighted by Crippen LogP contribution is -2.20. The van der Waals surface area contributed by atoms with Crippen molar-refractivity contribution in [1.29, 1.82) is 0 Å². The molecular formula is C11H19NS. The van der Waals surface area contributed by atoms with Gasteiger partial charge in [-0.25, -0.2) is 0 Å². The lowest BCUT2D eigenvalue weighted by molar-refractivity contribution is 0.405. The first kappa shape index (κ1) is 10.7. The molecule has 0 saturated heterocycles. The van der Waals surface area contributed by atoms with Gasteiger partial charge in [0.1, 0.15) is 0 Å². The van der Waals surface area contributed by atoms with Crippen LogP contribution in [-0.4, -0.2) is 0 Å². The molecule has 74 valence electrons. The molecule has 0 aliphatic heterocycles. The number of hydrogen-bond acceptors (Lipinski definition) is 2. The molecule has 2 N–H and O–H groups in total. The first-order valence-corrected chi connectivity index (χ1v) is 5.93. The first-order chi connectivity index (χ1) is 6.20. The molecule has 0 bridgehead atoms. The van der Waals surface area contributed by atoms with Crippen LogP contribution in [0.4, 0.5) is 0 Å². The van der Waals surface area contributed by atoms with Crippen LogP contribution in [0, 0.1) is 12.8 Å². The Morgan fingerprint density at radius 2 is 1.92 bits per heavy atom. The fourth-order valence-electron chi connectivity index (χ4n) is 1.76. The Kier molecular flexibility index (Phi) is 3.94. The van der Waals surface area contributed by atoms with Gasteiger partial charge in [-0.15, -0.1) is 0 Å². The third-order valence-electron chi connectivity index (χ3n) is 2.81. The third kappa shape index (κ3) is 2.32. The van der Waals surface area contributed by atoms with E-state index in [1.165, 1.54) is 24.0 Å². The molecule has 1 unspecified atom stereocenters. The highest BCUT2D eigenvalue weighted by molar-refractivity contribution is 7.08. The summed E-state index contributed by atoms with van der Waals surface area (Å²) in [6.45, 7) is 6.58. The lowest BCUT2D eigenvalue weighted by atomic mass is 9.89. The fraction of sp³-hybridized carbons (Fsp3) is 0.636. The van der Waals surface area contributed by atoms with Crippen molar-refractivity contribution in [3.05, 3.63) is 21.9 Å². The van der Waals surface area contributed by atoms with Gasteiger partial charge < -0.3 is 5.73 Å². The number of aryl methyl sites for hydroxylation is 1. The van der Waals surface area contributed by atoms with Crippen molar-refractivity contribution < 1.29 is 0 Å². The maximum Gasteiger partial charge on any atom is 0.0334 e. The van der Waals surface area contributed by atoms with Crippen LogP contribution in [-0.2, 0) is 0 Å². The van der Waals surface area contributed by atoms with Gasteiger partial charge in [0.15, 0.2) is 0 Å². The van der Waals surface area contributed by atoms with E-state index in [0.29, 0.717) is 5.92 Å². The molecule has 0 spiro atoms. The minimum Gasteiger partial charge on any atom is -0.324 e. The third-order valence-corrected chi connectivity index (χ3v) is 3.69. The molecule has 1 nitrogen and oxygen atoms in total. The summed E-state index contributed by atoms with van der Waals surface area (Å²) < 4.78 is 0. The maximum atomic E-state index is 6.21. The Balaban J connectivity index is 2.77. The van der Waals surface area contributed by atoms with Gasteiger partial charge in [-0.05, 0) is 34.7 Å². The van der Waals surface area contributed by atoms with E-state index in [1.54, 1.807) is 11.3 Å². The Labute approximate surface area is 85.0 Å². The number of hydrogen-bond donors (Lipinski definition) is 1. The van der Waals surface area contributed by atoms with Crippen LogP contribution in [0.1, 0.15) is 43.9 Å². The van der Waals surface area contributed by atoms with Crippen molar-refractivity contribution in [3.8, 4) is 0 Å². The molecule has 2 heteroatoms. The summed E-state index contributed by atoms with van der Waals surface area (Å²) in [7, 11) is 0. The van der Waals surface area contributed by atoms with Crippen LogP contribution in [0.25, 0.3) is 0 Å². The topological polar surface area (TPSA) is 26.0 Å². The van der Waals surface area contributed by atoms with E-state index < -0.39 is 0 Å². The molecule has 0 aliphatic rings. The van der Waals surface area contributed by atoms with Crippen molar-refractivity contribution in [2.24, 2.45) is 11.7 Å². The maximum absolute atomic E-state index is 6.21. The Morgan fingerprint density at radius 1 is 1.31 bits per heavy atom. The van der Waals surface area contributed by atoms with E-state index in [-0.39, 0.29) is 6.04 Å². The van der Waals surface area contributed by atoms with Crippen molar-refractivity contribution >= 4 is 11.3 Å². The van der Waals surface area contributed by atoms with Gasteiger partial charge in [0.2, 0.25) is 0 Å². The van der Waals surface area contributed by atoms with Crippen molar-refractivity contribution in [2.75, 3.05) is 0 Å². The molecular weight excluding hydrogens is 178 g/mol. The lowest BCUT2D eigenvalue weighted by Gasteiger charge is -2.21. The van der Waals surface area contributed by atoms with E-state index in [0.717, 1.165) is 0 Å². The summed E-state index contributed by atoms with van der Waals surface area (Å²) in [5.41, 5.74) is 8.91. The Hall–Kier alpha value is -0.340. The van der Waals surface area contributed by atoms with Gasteiger partial charge in [-0.1, -0.05) is 26.7 Å². The summed E-state index contributed by atoms with van der Waals surface area (Å²) in [6.07, 6.45) is 2.35. The van der Waals surface area contributed by atoms with Gasteiger partial charge in [0.25, 0.3) is 0 Å². The molecule has 13 heavy (non-hydrogen) atoms. The molecule has 1 rings (SSSR count). The van der Waals surface area contributed by atoms with Crippen LogP contribution in [0.2, 0.25) is 0 Å². The second kappa shape index (κ2) is 4.77. The first-order valence-electron chi connectivity index (χ1n) is 4.98.